The van der Waals surface area contributed by atoms with E-state index in [1.165, 1.54) is 5.56 Å². The molecule has 0 aliphatic carbocycles. The molecule has 19 heavy (non-hydrogen) atoms. The lowest BCUT2D eigenvalue weighted by molar-refractivity contribution is 0.414. The molecule has 1 aromatic carbocycles. The second kappa shape index (κ2) is 6.38. The van der Waals surface area contributed by atoms with Crippen molar-refractivity contribution in [1.29, 1.82) is 0 Å². The van der Waals surface area contributed by atoms with Gasteiger partial charge in [-0.3, -0.25) is 0 Å². The number of hydrogen-bond donors (Lipinski definition) is 1. The molecule has 1 N–H and O–H groups in total. The topological polar surface area (TPSA) is 39.1 Å². The van der Waals surface area contributed by atoms with E-state index in [1.807, 2.05) is 36.1 Å². The highest BCUT2D eigenvalue weighted by Gasteiger charge is 2.05. The SMILES string of the molecule is COc1ccc(CC(C)NCc2nccn2C)cc1. The fourth-order valence-electron chi connectivity index (χ4n) is 2.02. The highest BCUT2D eigenvalue weighted by Crippen LogP contribution is 2.12. The maximum Gasteiger partial charge on any atom is 0.122 e. The normalized spacial score (nSPS) is 12.4. The van der Waals surface area contributed by atoms with Gasteiger partial charge in [0.25, 0.3) is 0 Å². The summed E-state index contributed by atoms with van der Waals surface area (Å²) in [7, 11) is 3.70. The largest absolute Gasteiger partial charge is 0.497 e. The van der Waals surface area contributed by atoms with Crippen LogP contribution in [0.25, 0.3) is 0 Å². The predicted molar refractivity (Wildman–Crippen MR) is 76.2 cm³/mol. The van der Waals surface area contributed by atoms with Crippen molar-refractivity contribution in [2.24, 2.45) is 7.05 Å². The predicted octanol–water partition coefficient (Wildman–Crippen LogP) is 2.15. The zero-order valence-corrected chi connectivity index (χ0v) is 11.8. The summed E-state index contributed by atoms with van der Waals surface area (Å²) in [6.45, 7) is 2.98. The molecular formula is C15H21N3O. The maximum atomic E-state index is 5.16. The van der Waals surface area contributed by atoms with Crippen LogP contribution in [0.5, 0.6) is 5.75 Å². The molecular weight excluding hydrogens is 238 g/mol. The van der Waals surface area contributed by atoms with Crippen LogP contribution in [0.2, 0.25) is 0 Å². The molecule has 0 aliphatic heterocycles. The first-order chi connectivity index (χ1) is 9.19. The van der Waals surface area contributed by atoms with Gasteiger partial charge in [0.1, 0.15) is 11.6 Å². The Balaban J connectivity index is 1.83. The Morgan fingerprint density at radius 1 is 1.32 bits per heavy atom. The minimum atomic E-state index is 0.407. The molecule has 0 bridgehead atoms. The second-order valence-electron chi connectivity index (χ2n) is 4.79. The molecule has 0 aliphatic rings. The summed E-state index contributed by atoms with van der Waals surface area (Å²) in [5.74, 6) is 1.96. The summed E-state index contributed by atoms with van der Waals surface area (Å²) in [4.78, 5) is 4.30. The molecule has 2 rings (SSSR count). The highest BCUT2D eigenvalue weighted by molar-refractivity contribution is 5.27. The van der Waals surface area contributed by atoms with Gasteiger partial charge in [0.2, 0.25) is 0 Å². The number of nitrogens with one attached hydrogen (secondary N) is 1. The number of hydrogen-bond acceptors (Lipinski definition) is 3. The van der Waals surface area contributed by atoms with E-state index in [4.69, 9.17) is 4.74 Å². The van der Waals surface area contributed by atoms with E-state index in [0.29, 0.717) is 6.04 Å². The fraction of sp³-hybridized carbons (Fsp3) is 0.400. The monoisotopic (exact) mass is 259 g/mol. The van der Waals surface area contributed by atoms with Crippen LogP contribution in [0.3, 0.4) is 0 Å². The van der Waals surface area contributed by atoms with Gasteiger partial charge in [-0.05, 0) is 31.0 Å². The average Bonchev–Trinajstić information content (AvgIpc) is 2.83. The van der Waals surface area contributed by atoms with Crippen LogP contribution in [0, 0.1) is 0 Å². The van der Waals surface area contributed by atoms with Crippen molar-refractivity contribution in [3.05, 3.63) is 48.0 Å². The van der Waals surface area contributed by atoms with Gasteiger partial charge in [-0.25, -0.2) is 4.98 Å². The van der Waals surface area contributed by atoms with Crippen LogP contribution in [0.1, 0.15) is 18.3 Å². The van der Waals surface area contributed by atoms with E-state index in [-0.39, 0.29) is 0 Å². The molecule has 2 aromatic rings. The first-order valence-corrected chi connectivity index (χ1v) is 6.51. The van der Waals surface area contributed by atoms with Gasteiger partial charge in [0.05, 0.1) is 13.7 Å². The number of aryl methyl sites for hydroxylation is 1. The molecule has 1 aromatic heterocycles. The van der Waals surface area contributed by atoms with Crippen LogP contribution < -0.4 is 10.1 Å². The molecule has 0 amide bonds. The summed E-state index contributed by atoms with van der Waals surface area (Å²) in [6, 6.07) is 8.63. The molecule has 1 atom stereocenters. The highest BCUT2D eigenvalue weighted by atomic mass is 16.5. The van der Waals surface area contributed by atoms with E-state index in [1.54, 1.807) is 7.11 Å². The van der Waals surface area contributed by atoms with Gasteiger partial charge in [0.15, 0.2) is 0 Å². The molecule has 0 saturated carbocycles. The summed E-state index contributed by atoms with van der Waals surface area (Å²) in [5.41, 5.74) is 1.31. The molecule has 1 heterocycles. The van der Waals surface area contributed by atoms with Gasteiger partial charge in [-0.1, -0.05) is 12.1 Å². The Kier molecular flexibility index (Phi) is 4.58. The third-order valence-corrected chi connectivity index (χ3v) is 3.23. The van der Waals surface area contributed by atoms with E-state index >= 15 is 0 Å². The molecule has 4 nitrogen and oxygen atoms in total. The van der Waals surface area contributed by atoms with Gasteiger partial charge in [0, 0.05) is 25.5 Å². The molecule has 0 fully saturated rings. The van der Waals surface area contributed by atoms with Crippen LogP contribution in [0.4, 0.5) is 0 Å². The smallest absolute Gasteiger partial charge is 0.122 e. The van der Waals surface area contributed by atoms with E-state index < -0.39 is 0 Å². The third-order valence-electron chi connectivity index (χ3n) is 3.23. The summed E-state index contributed by atoms with van der Waals surface area (Å²) >= 11 is 0. The van der Waals surface area contributed by atoms with Crippen molar-refractivity contribution < 1.29 is 4.74 Å². The summed E-state index contributed by atoms with van der Waals surface area (Å²) in [5, 5.41) is 3.49. The number of nitrogens with zero attached hydrogens (tertiary/aromatic N) is 2. The van der Waals surface area contributed by atoms with Crippen LogP contribution in [-0.2, 0) is 20.0 Å². The number of methoxy groups -OCH3 is 1. The number of imidazole rings is 1. The van der Waals surface area contributed by atoms with Crippen molar-refractivity contribution >= 4 is 0 Å². The van der Waals surface area contributed by atoms with Crippen molar-refractivity contribution in [1.82, 2.24) is 14.9 Å². The lowest BCUT2D eigenvalue weighted by Gasteiger charge is -2.14. The lowest BCUT2D eigenvalue weighted by Crippen LogP contribution is -2.28. The van der Waals surface area contributed by atoms with Crippen molar-refractivity contribution in [3.63, 3.8) is 0 Å². The Hall–Kier alpha value is -1.81. The first-order valence-electron chi connectivity index (χ1n) is 6.51. The lowest BCUT2D eigenvalue weighted by atomic mass is 10.1. The maximum absolute atomic E-state index is 5.16. The number of rotatable bonds is 6. The molecule has 102 valence electrons. The third kappa shape index (κ3) is 3.83. The number of ether oxygens (including phenoxy) is 1. The minimum absolute atomic E-state index is 0.407. The average molecular weight is 259 g/mol. The quantitative estimate of drug-likeness (QED) is 0.864. The Bertz CT molecular complexity index is 504. The van der Waals surface area contributed by atoms with Crippen molar-refractivity contribution in [3.8, 4) is 5.75 Å². The molecule has 0 saturated heterocycles. The van der Waals surface area contributed by atoms with Crippen molar-refractivity contribution in [2.45, 2.75) is 25.9 Å². The molecule has 0 radical (unpaired) electrons. The standard InChI is InChI=1S/C15H21N3O/c1-12(17-11-15-16-8-9-18(15)2)10-13-4-6-14(19-3)7-5-13/h4-9,12,17H,10-11H2,1-3H3. The van der Waals surface area contributed by atoms with Crippen molar-refractivity contribution in [2.75, 3.05) is 7.11 Å². The zero-order chi connectivity index (χ0) is 13.7. The zero-order valence-electron chi connectivity index (χ0n) is 11.8. The fourth-order valence-corrected chi connectivity index (χ4v) is 2.02. The van der Waals surface area contributed by atoms with E-state index in [0.717, 1.165) is 24.5 Å². The first kappa shape index (κ1) is 13.6. The van der Waals surface area contributed by atoms with Gasteiger partial charge >= 0.3 is 0 Å². The van der Waals surface area contributed by atoms with Crippen LogP contribution >= 0.6 is 0 Å². The summed E-state index contributed by atoms with van der Waals surface area (Å²) in [6.07, 6.45) is 4.78. The van der Waals surface area contributed by atoms with Crippen LogP contribution in [-0.4, -0.2) is 22.7 Å². The molecule has 4 heteroatoms. The van der Waals surface area contributed by atoms with Crippen LogP contribution in [0.15, 0.2) is 36.7 Å². The Morgan fingerprint density at radius 3 is 2.63 bits per heavy atom. The molecule has 0 spiro atoms. The van der Waals surface area contributed by atoms with E-state index in [9.17, 15) is 0 Å². The van der Waals surface area contributed by atoms with Gasteiger partial charge < -0.3 is 14.6 Å². The van der Waals surface area contributed by atoms with Gasteiger partial charge in [-0.2, -0.15) is 0 Å². The van der Waals surface area contributed by atoms with Gasteiger partial charge in [-0.15, -0.1) is 0 Å². The minimum Gasteiger partial charge on any atom is -0.497 e. The molecule has 1 unspecified atom stereocenters. The Morgan fingerprint density at radius 2 is 2.05 bits per heavy atom. The second-order valence-corrected chi connectivity index (χ2v) is 4.79. The number of aromatic nitrogens is 2. The number of benzene rings is 1. The Labute approximate surface area is 114 Å². The summed E-state index contributed by atoms with van der Waals surface area (Å²) < 4.78 is 7.19. The van der Waals surface area contributed by atoms with E-state index in [2.05, 4.69) is 29.4 Å².